The molecule has 1 heterocycles. The van der Waals surface area contributed by atoms with Crippen molar-refractivity contribution in [1.82, 2.24) is 9.55 Å². The van der Waals surface area contributed by atoms with Crippen LogP contribution in [0.5, 0.6) is 11.5 Å². The first-order valence-corrected chi connectivity index (χ1v) is 7.59. The van der Waals surface area contributed by atoms with Crippen LogP contribution in [-0.2, 0) is 11.5 Å². The van der Waals surface area contributed by atoms with Crippen molar-refractivity contribution >= 4 is 0 Å². The number of hydrogen-bond donors (Lipinski definition) is 0. The van der Waals surface area contributed by atoms with Gasteiger partial charge in [0.1, 0.15) is 18.2 Å². The Labute approximate surface area is 141 Å². The van der Waals surface area contributed by atoms with Crippen LogP contribution in [0.4, 0.5) is 0 Å². The number of hydrogen-bond acceptors (Lipinski definition) is 4. The Hall–Kier alpha value is -2.79. The summed E-state index contributed by atoms with van der Waals surface area (Å²) < 4.78 is 17.8. The number of ether oxygens (including phenoxy) is 3. The molecule has 2 aromatic carbocycles. The van der Waals surface area contributed by atoms with E-state index in [4.69, 9.17) is 14.2 Å². The van der Waals surface area contributed by atoms with Crippen molar-refractivity contribution in [2.45, 2.75) is 6.73 Å². The number of methoxy groups -OCH3 is 3. The first-order valence-electron chi connectivity index (χ1n) is 7.59. The molecule has 24 heavy (non-hydrogen) atoms. The summed E-state index contributed by atoms with van der Waals surface area (Å²) in [6.07, 6.45) is 1.79. The molecule has 3 aromatic rings. The van der Waals surface area contributed by atoms with E-state index in [2.05, 4.69) is 4.98 Å². The van der Waals surface area contributed by atoms with Gasteiger partial charge < -0.3 is 18.8 Å². The second-order valence-corrected chi connectivity index (χ2v) is 5.29. The normalized spacial score (nSPS) is 10.6. The maximum Gasteiger partial charge on any atom is 0.123 e. The van der Waals surface area contributed by atoms with Crippen LogP contribution in [0.3, 0.4) is 0 Å². The summed E-state index contributed by atoms with van der Waals surface area (Å²) in [6.45, 7) is 0.435. The molecular weight excluding hydrogens is 304 g/mol. The van der Waals surface area contributed by atoms with Crippen molar-refractivity contribution in [3.8, 4) is 34.0 Å². The Balaban J connectivity index is 2.08. The van der Waals surface area contributed by atoms with Gasteiger partial charge in [-0.25, -0.2) is 4.98 Å². The summed E-state index contributed by atoms with van der Waals surface area (Å²) in [5.41, 5.74) is 3.98. The van der Waals surface area contributed by atoms with Crippen molar-refractivity contribution in [3.63, 3.8) is 0 Å². The molecule has 0 saturated heterocycles. The van der Waals surface area contributed by atoms with E-state index < -0.39 is 0 Å². The number of imidazole rings is 1. The molecule has 0 atom stereocenters. The maximum absolute atomic E-state index is 5.30. The van der Waals surface area contributed by atoms with E-state index >= 15 is 0 Å². The Bertz CT molecular complexity index is 792. The van der Waals surface area contributed by atoms with E-state index in [-0.39, 0.29) is 0 Å². The van der Waals surface area contributed by atoms with Crippen LogP contribution in [0.1, 0.15) is 0 Å². The summed E-state index contributed by atoms with van der Waals surface area (Å²) in [5.74, 6) is 1.64. The minimum atomic E-state index is 0.435. The molecule has 5 heteroatoms. The van der Waals surface area contributed by atoms with Gasteiger partial charge in [-0.1, -0.05) is 0 Å². The number of benzene rings is 2. The van der Waals surface area contributed by atoms with Crippen LogP contribution in [0, 0.1) is 0 Å². The van der Waals surface area contributed by atoms with Crippen LogP contribution in [0.25, 0.3) is 22.5 Å². The fraction of sp³-hybridized carbons (Fsp3) is 0.211. The van der Waals surface area contributed by atoms with Crippen LogP contribution >= 0.6 is 0 Å². The molecule has 0 amide bonds. The molecule has 0 bridgehead atoms. The predicted molar refractivity (Wildman–Crippen MR) is 93.2 cm³/mol. The van der Waals surface area contributed by atoms with Crippen molar-refractivity contribution in [3.05, 3.63) is 54.9 Å². The molecule has 0 aliphatic heterocycles. The highest BCUT2D eigenvalue weighted by molar-refractivity contribution is 5.79. The molecule has 1 aromatic heterocycles. The first-order chi connectivity index (χ1) is 11.8. The topological polar surface area (TPSA) is 45.5 Å². The maximum atomic E-state index is 5.30. The second kappa shape index (κ2) is 7.19. The standard InChI is InChI=1S/C19H20N2O3/c1-22-13-21-12-20-18(14-4-8-16(23-2)9-5-14)19(21)15-6-10-17(24-3)11-7-15/h4-12H,13H2,1-3H3. The van der Waals surface area contributed by atoms with Gasteiger partial charge in [0.05, 0.1) is 31.9 Å². The third kappa shape index (κ3) is 3.12. The zero-order chi connectivity index (χ0) is 16.9. The Morgan fingerprint density at radius 2 is 1.33 bits per heavy atom. The molecule has 0 N–H and O–H groups in total. The Kier molecular flexibility index (Phi) is 4.82. The highest BCUT2D eigenvalue weighted by Crippen LogP contribution is 2.33. The minimum Gasteiger partial charge on any atom is -0.497 e. The quantitative estimate of drug-likeness (QED) is 0.691. The van der Waals surface area contributed by atoms with Crippen LogP contribution < -0.4 is 9.47 Å². The highest BCUT2D eigenvalue weighted by atomic mass is 16.5. The van der Waals surface area contributed by atoms with Crippen molar-refractivity contribution in [2.75, 3.05) is 21.3 Å². The lowest BCUT2D eigenvalue weighted by molar-refractivity contribution is 0.132. The third-order valence-corrected chi connectivity index (χ3v) is 3.83. The van der Waals surface area contributed by atoms with E-state index in [0.29, 0.717) is 6.73 Å². The van der Waals surface area contributed by atoms with Gasteiger partial charge in [0, 0.05) is 18.2 Å². The smallest absolute Gasteiger partial charge is 0.123 e. The third-order valence-electron chi connectivity index (χ3n) is 3.83. The Morgan fingerprint density at radius 1 is 0.792 bits per heavy atom. The minimum absolute atomic E-state index is 0.435. The molecule has 0 saturated carbocycles. The fourth-order valence-electron chi connectivity index (χ4n) is 2.63. The van der Waals surface area contributed by atoms with Crippen LogP contribution in [0.15, 0.2) is 54.9 Å². The number of nitrogens with zero attached hydrogens (tertiary/aromatic N) is 2. The van der Waals surface area contributed by atoms with Gasteiger partial charge in [-0.2, -0.15) is 0 Å². The van der Waals surface area contributed by atoms with E-state index in [9.17, 15) is 0 Å². The molecule has 5 nitrogen and oxygen atoms in total. The summed E-state index contributed by atoms with van der Waals surface area (Å²) in [6, 6.07) is 15.8. The molecule has 3 rings (SSSR count). The molecule has 124 valence electrons. The van der Waals surface area contributed by atoms with E-state index in [1.165, 1.54) is 0 Å². The van der Waals surface area contributed by atoms with Gasteiger partial charge in [-0.15, -0.1) is 0 Å². The molecule has 0 unspecified atom stereocenters. The van der Waals surface area contributed by atoms with Crippen LogP contribution in [0.2, 0.25) is 0 Å². The monoisotopic (exact) mass is 324 g/mol. The molecule has 0 aliphatic carbocycles. The van der Waals surface area contributed by atoms with Crippen molar-refractivity contribution < 1.29 is 14.2 Å². The van der Waals surface area contributed by atoms with E-state index in [0.717, 1.165) is 34.0 Å². The SMILES string of the molecule is COCn1cnc(-c2ccc(OC)cc2)c1-c1ccc(OC)cc1. The van der Waals surface area contributed by atoms with Gasteiger partial charge in [0.2, 0.25) is 0 Å². The largest absolute Gasteiger partial charge is 0.497 e. The zero-order valence-electron chi connectivity index (χ0n) is 14.0. The zero-order valence-corrected chi connectivity index (χ0v) is 14.0. The lowest BCUT2D eigenvalue weighted by Gasteiger charge is -2.11. The first kappa shape index (κ1) is 16.1. The van der Waals surface area contributed by atoms with E-state index in [1.54, 1.807) is 27.7 Å². The van der Waals surface area contributed by atoms with Gasteiger partial charge >= 0.3 is 0 Å². The average molecular weight is 324 g/mol. The highest BCUT2D eigenvalue weighted by Gasteiger charge is 2.15. The lowest BCUT2D eigenvalue weighted by atomic mass is 10.0. The molecule has 0 spiro atoms. The molecule has 0 fully saturated rings. The molecule has 0 radical (unpaired) electrons. The summed E-state index contributed by atoms with van der Waals surface area (Å²) in [4.78, 5) is 4.59. The predicted octanol–water partition coefficient (Wildman–Crippen LogP) is 3.84. The van der Waals surface area contributed by atoms with Crippen LogP contribution in [-0.4, -0.2) is 30.9 Å². The van der Waals surface area contributed by atoms with Crippen molar-refractivity contribution in [2.24, 2.45) is 0 Å². The van der Waals surface area contributed by atoms with Gasteiger partial charge in [0.25, 0.3) is 0 Å². The van der Waals surface area contributed by atoms with Gasteiger partial charge in [-0.3, -0.25) is 0 Å². The lowest BCUT2D eigenvalue weighted by Crippen LogP contribution is -2.01. The molecular formula is C19H20N2O3. The average Bonchev–Trinajstić information content (AvgIpc) is 3.06. The summed E-state index contributed by atoms with van der Waals surface area (Å²) >= 11 is 0. The Morgan fingerprint density at radius 3 is 1.83 bits per heavy atom. The van der Waals surface area contributed by atoms with Gasteiger partial charge in [-0.05, 0) is 48.5 Å². The van der Waals surface area contributed by atoms with E-state index in [1.807, 2.05) is 53.1 Å². The number of aromatic nitrogens is 2. The number of rotatable bonds is 6. The second-order valence-electron chi connectivity index (χ2n) is 5.29. The fourth-order valence-corrected chi connectivity index (χ4v) is 2.63. The van der Waals surface area contributed by atoms with Gasteiger partial charge in [0.15, 0.2) is 0 Å². The van der Waals surface area contributed by atoms with Crippen molar-refractivity contribution in [1.29, 1.82) is 0 Å². The molecule has 0 aliphatic rings. The summed E-state index contributed by atoms with van der Waals surface area (Å²) in [5, 5.41) is 0. The summed E-state index contributed by atoms with van der Waals surface area (Å²) in [7, 11) is 4.99.